The molecule has 3 heteroatoms. The van der Waals surface area contributed by atoms with E-state index in [1.54, 1.807) is 0 Å². The standard InChI is InChI=1S/C16H25N3/c1-6-19(7-2)15-10-8-14(9-11-15)12-16(3,13-17)18(4)5/h8-11H,6-7,12H2,1-5H3. The fourth-order valence-electron chi connectivity index (χ4n) is 2.11. The average molecular weight is 259 g/mol. The van der Waals surface area contributed by atoms with Crippen molar-refractivity contribution in [1.29, 1.82) is 5.26 Å². The van der Waals surface area contributed by atoms with Gasteiger partial charge < -0.3 is 4.90 Å². The minimum absolute atomic E-state index is 0.448. The lowest BCUT2D eigenvalue weighted by atomic mass is 9.93. The van der Waals surface area contributed by atoms with Crippen LogP contribution in [0.5, 0.6) is 0 Å². The minimum atomic E-state index is -0.448. The van der Waals surface area contributed by atoms with Gasteiger partial charge in [0.1, 0.15) is 5.54 Å². The number of benzene rings is 1. The molecule has 19 heavy (non-hydrogen) atoms. The molecule has 1 aromatic carbocycles. The second kappa shape index (κ2) is 6.58. The topological polar surface area (TPSA) is 30.3 Å². The highest BCUT2D eigenvalue weighted by atomic mass is 15.1. The molecule has 0 fully saturated rings. The molecule has 1 rings (SSSR count). The van der Waals surface area contributed by atoms with Crippen molar-refractivity contribution in [3.63, 3.8) is 0 Å². The molecule has 0 spiro atoms. The predicted molar refractivity (Wildman–Crippen MR) is 81.4 cm³/mol. The van der Waals surface area contributed by atoms with Crippen molar-refractivity contribution < 1.29 is 0 Å². The summed E-state index contributed by atoms with van der Waals surface area (Å²) in [5.41, 5.74) is 2.00. The van der Waals surface area contributed by atoms with Crippen molar-refractivity contribution in [2.75, 3.05) is 32.1 Å². The van der Waals surface area contributed by atoms with Crippen LogP contribution in [0.25, 0.3) is 0 Å². The van der Waals surface area contributed by atoms with Crippen molar-refractivity contribution in [3.05, 3.63) is 29.8 Å². The van der Waals surface area contributed by atoms with Crippen LogP contribution in [0, 0.1) is 11.3 Å². The molecule has 0 heterocycles. The van der Waals surface area contributed by atoms with E-state index < -0.39 is 5.54 Å². The highest BCUT2D eigenvalue weighted by Crippen LogP contribution is 2.20. The molecule has 0 radical (unpaired) electrons. The molecule has 0 aliphatic heterocycles. The molecule has 0 aromatic heterocycles. The fraction of sp³-hybridized carbons (Fsp3) is 0.562. The van der Waals surface area contributed by atoms with Gasteiger partial charge >= 0.3 is 0 Å². The van der Waals surface area contributed by atoms with Gasteiger partial charge in [-0.3, -0.25) is 4.90 Å². The maximum absolute atomic E-state index is 9.34. The molecule has 0 saturated heterocycles. The zero-order chi connectivity index (χ0) is 14.5. The van der Waals surface area contributed by atoms with Gasteiger partial charge in [-0.05, 0) is 52.6 Å². The number of nitriles is 1. The molecule has 1 aromatic rings. The Morgan fingerprint density at radius 2 is 1.63 bits per heavy atom. The zero-order valence-corrected chi connectivity index (χ0v) is 12.8. The Kier molecular flexibility index (Phi) is 5.38. The molecule has 1 unspecified atom stereocenters. The van der Waals surface area contributed by atoms with Gasteiger partial charge in [-0.15, -0.1) is 0 Å². The van der Waals surface area contributed by atoms with E-state index in [2.05, 4.69) is 49.1 Å². The van der Waals surface area contributed by atoms with Gasteiger partial charge in [0.15, 0.2) is 0 Å². The molecule has 3 nitrogen and oxygen atoms in total. The van der Waals surface area contributed by atoms with E-state index in [-0.39, 0.29) is 0 Å². The van der Waals surface area contributed by atoms with Crippen LogP contribution in [0.4, 0.5) is 5.69 Å². The Bertz CT molecular complexity index is 426. The zero-order valence-electron chi connectivity index (χ0n) is 12.8. The van der Waals surface area contributed by atoms with Crippen LogP contribution in [-0.2, 0) is 6.42 Å². The van der Waals surface area contributed by atoms with Gasteiger partial charge in [-0.1, -0.05) is 12.1 Å². The van der Waals surface area contributed by atoms with Gasteiger partial charge in [-0.2, -0.15) is 5.26 Å². The molecule has 0 N–H and O–H groups in total. The lowest BCUT2D eigenvalue weighted by Gasteiger charge is -2.29. The van der Waals surface area contributed by atoms with Crippen molar-refractivity contribution >= 4 is 5.69 Å². The van der Waals surface area contributed by atoms with Gasteiger partial charge in [0.2, 0.25) is 0 Å². The smallest absolute Gasteiger partial charge is 0.109 e. The Morgan fingerprint density at radius 3 is 2.00 bits per heavy atom. The summed E-state index contributed by atoms with van der Waals surface area (Å²) in [4.78, 5) is 4.30. The second-order valence-electron chi connectivity index (χ2n) is 5.30. The summed E-state index contributed by atoms with van der Waals surface area (Å²) in [5, 5.41) is 9.34. The second-order valence-corrected chi connectivity index (χ2v) is 5.30. The number of anilines is 1. The van der Waals surface area contributed by atoms with Crippen LogP contribution in [-0.4, -0.2) is 37.6 Å². The number of likely N-dealkylation sites (N-methyl/N-ethyl adjacent to an activating group) is 1. The molecule has 0 amide bonds. The largest absolute Gasteiger partial charge is 0.372 e. The van der Waals surface area contributed by atoms with Gasteiger partial charge in [0.25, 0.3) is 0 Å². The van der Waals surface area contributed by atoms with Crippen molar-refractivity contribution in [2.24, 2.45) is 0 Å². The SMILES string of the molecule is CCN(CC)c1ccc(CC(C)(C#N)N(C)C)cc1. The summed E-state index contributed by atoms with van der Waals surface area (Å²) >= 11 is 0. The summed E-state index contributed by atoms with van der Waals surface area (Å²) < 4.78 is 0. The van der Waals surface area contributed by atoms with E-state index in [1.807, 2.05) is 25.9 Å². The first-order valence-corrected chi connectivity index (χ1v) is 6.89. The van der Waals surface area contributed by atoms with E-state index in [4.69, 9.17) is 0 Å². The van der Waals surface area contributed by atoms with E-state index in [0.717, 1.165) is 19.5 Å². The number of hydrogen-bond acceptors (Lipinski definition) is 3. The summed E-state index contributed by atoms with van der Waals surface area (Å²) in [6.45, 7) is 8.34. The van der Waals surface area contributed by atoms with Crippen LogP contribution in [0.15, 0.2) is 24.3 Å². The molecule has 0 saturated carbocycles. The van der Waals surface area contributed by atoms with E-state index in [1.165, 1.54) is 11.3 Å². The van der Waals surface area contributed by atoms with Gasteiger partial charge in [0.05, 0.1) is 6.07 Å². The Hall–Kier alpha value is -1.53. The molecule has 1 atom stereocenters. The summed E-state index contributed by atoms with van der Waals surface area (Å²) in [5.74, 6) is 0. The number of hydrogen-bond donors (Lipinski definition) is 0. The monoisotopic (exact) mass is 259 g/mol. The highest BCUT2D eigenvalue weighted by Gasteiger charge is 2.26. The normalized spacial score (nSPS) is 13.9. The third-order valence-corrected chi connectivity index (χ3v) is 3.84. The fourth-order valence-corrected chi connectivity index (χ4v) is 2.11. The first kappa shape index (κ1) is 15.5. The van der Waals surface area contributed by atoms with E-state index >= 15 is 0 Å². The van der Waals surface area contributed by atoms with Gasteiger partial charge in [0, 0.05) is 25.2 Å². The summed E-state index contributed by atoms with van der Waals surface area (Å²) in [6, 6.07) is 11.0. The van der Waals surface area contributed by atoms with Crippen LogP contribution < -0.4 is 4.90 Å². The third kappa shape index (κ3) is 3.71. The van der Waals surface area contributed by atoms with Crippen LogP contribution in [0.1, 0.15) is 26.3 Å². The van der Waals surface area contributed by atoms with Crippen LogP contribution in [0.3, 0.4) is 0 Å². The summed E-state index contributed by atoms with van der Waals surface area (Å²) in [7, 11) is 3.90. The van der Waals surface area contributed by atoms with Crippen molar-refractivity contribution in [1.82, 2.24) is 4.90 Å². The maximum atomic E-state index is 9.34. The first-order chi connectivity index (χ1) is 8.96. The van der Waals surface area contributed by atoms with Crippen LogP contribution in [0.2, 0.25) is 0 Å². The highest BCUT2D eigenvalue weighted by molar-refractivity contribution is 5.47. The molecule has 104 valence electrons. The van der Waals surface area contributed by atoms with Crippen molar-refractivity contribution in [2.45, 2.75) is 32.7 Å². The molecular weight excluding hydrogens is 234 g/mol. The molecule has 0 aliphatic rings. The lowest BCUT2D eigenvalue weighted by molar-refractivity contribution is 0.237. The molecular formula is C16H25N3. The lowest BCUT2D eigenvalue weighted by Crippen LogP contribution is -2.41. The number of rotatable bonds is 6. The predicted octanol–water partition coefficient (Wildman–Crippen LogP) is 2.92. The quantitative estimate of drug-likeness (QED) is 0.787. The van der Waals surface area contributed by atoms with E-state index in [9.17, 15) is 5.26 Å². The number of nitrogens with zero attached hydrogens (tertiary/aromatic N) is 3. The van der Waals surface area contributed by atoms with E-state index in [0.29, 0.717) is 0 Å². The van der Waals surface area contributed by atoms with Crippen LogP contribution >= 0.6 is 0 Å². The Labute approximate surface area is 117 Å². The van der Waals surface area contributed by atoms with Gasteiger partial charge in [-0.25, -0.2) is 0 Å². The Balaban J connectivity index is 2.86. The van der Waals surface area contributed by atoms with Crippen molar-refractivity contribution in [3.8, 4) is 6.07 Å². The molecule has 0 aliphatic carbocycles. The molecule has 0 bridgehead atoms. The average Bonchev–Trinajstić information content (AvgIpc) is 2.41. The summed E-state index contributed by atoms with van der Waals surface area (Å²) in [6.07, 6.45) is 0.745. The maximum Gasteiger partial charge on any atom is 0.109 e. The third-order valence-electron chi connectivity index (χ3n) is 3.84. The first-order valence-electron chi connectivity index (χ1n) is 6.89. The minimum Gasteiger partial charge on any atom is -0.372 e. The Morgan fingerprint density at radius 1 is 1.11 bits per heavy atom.